The van der Waals surface area contributed by atoms with Gasteiger partial charge in [0.25, 0.3) is 0 Å². The van der Waals surface area contributed by atoms with Gasteiger partial charge in [0, 0.05) is 6.20 Å². The number of nitrogens with zero attached hydrogens (tertiary/aromatic N) is 1. The van der Waals surface area contributed by atoms with Crippen molar-refractivity contribution < 1.29 is 0 Å². The Morgan fingerprint density at radius 3 is 2.31 bits per heavy atom. The molecule has 0 fully saturated rings. The van der Waals surface area contributed by atoms with E-state index in [1.54, 1.807) is 11.8 Å². The molecule has 0 aromatic carbocycles. The predicted octanol–water partition coefficient (Wildman–Crippen LogP) is 4.12. The summed E-state index contributed by atoms with van der Waals surface area (Å²) >= 11 is 0. The third-order valence-corrected chi connectivity index (χ3v) is 2.19. The van der Waals surface area contributed by atoms with Crippen LogP contribution in [0, 0.1) is 0 Å². The molecule has 0 unspecified atom stereocenters. The van der Waals surface area contributed by atoms with Crippen molar-refractivity contribution in [2.75, 3.05) is 0 Å². The Labute approximate surface area is 82.3 Å². The minimum absolute atomic E-state index is 1.09. The van der Waals surface area contributed by atoms with Crippen LogP contribution in [0.25, 0.3) is 0 Å². The first-order valence-electron chi connectivity index (χ1n) is 5.13. The zero-order valence-electron chi connectivity index (χ0n) is 9.14. The van der Waals surface area contributed by atoms with E-state index < -0.39 is 0 Å². The van der Waals surface area contributed by atoms with Crippen LogP contribution in [0.2, 0.25) is 0 Å². The first-order valence-corrected chi connectivity index (χ1v) is 5.13. The highest BCUT2D eigenvalue weighted by Gasteiger charge is 1.98. The highest BCUT2D eigenvalue weighted by molar-refractivity contribution is 5.30. The van der Waals surface area contributed by atoms with Crippen LogP contribution in [0.4, 0.5) is 0 Å². The van der Waals surface area contributed by atoms with Crippen LogP contribution in [0.3, 0.4) is 0 Å². The van der Waals surface area contributed by atoms with Crippen molar-refractivity contribution >= 4 is 6.72 Å². The molecule has 0 saturated heterocycles. The molecule has 0 heterocycles. The molecule has 1 heteroatoms. The smallest absolute Gasteiger partial charge is 0.0263 e. The zero-order chi connectivity index (χ0) is 10.1. The van der Waals surface area contributed by atoms with Crippen LogP contribution in [0.1, 0.15) is 46.5 Å². The van der Waals surface area contributed by atoms with Gasteiger partial charge in [-0.05, 0) is 37.6 Å². The zero-order valence-corrected chi connectivity index (χ0v) is 9.14. The average molecular weight is 179 g/mol. The lowest BCUT2D eigenvalue weighted by Crippen LogP contribution is -1.87. The van der Waals surface area contributed by atoms with Gasteiger partial charge in [0.1, 0.15) is 0 Å². The van der Waals surface area contributed by atoms with Gasteiger partial charge < -0.3 is 0 Å². The van der Waals surface area contributed by atoms with Crippen molar-refractivity contribution in [2.45, 2.75) is 46.5 Å². The first-order chi connectivity index (χ1) is 6.29. The van der Waals surface area contributed by atoms with E-state index in [9.17, 15) is 0 Å². The largest absolute Gasteiger partial charge is 0.273 e. The molecule has 0 spiro atoms. The molecular weight excluding hydrogens is 158 g/mol. The Hall–Kier alpha value is -0.850. The lowest BCUT2D eigenvalue weighted by Gasteiger charge is -2.07. The maximum absolute atomic E-state index is 3.74. The molecule has 0 aromatic heterocycles. The van der Waals surface area contributed by atoms with Crippen LogP contribution >= 0.6 is 0 Å². The molecule has 0 radical (unpaired) electrons. The molecule has 0 aliphatic rings. The van der Waals surface area contributed by atoms with Crippen LogP contribution in [0.15, 0.2) is 28.4 Å². The Kier molecular flexibility index (Phi) is 7.27. The molecule has 0 bridgehead atoms. The second-order valence-electron chi connectivity index (χ2n) is 3.08. The summed E-state index contributed by atoms with van der Waals surface area (Å²) in [5, 5.41) is 0. The van der Waals surface area contributed by atoms with Crippen molar-refractivity contribution in [3.63, 3.8) is 0 Å². The van der Waals surface area contributed by atoms with Gasteiger partial charge >= 0.3 is 0 Å². The summed E-state index contributed by atoms with van der Waals surface area (Å²) in [4.78, 5) is 3.74. The van der Waals surface area contributed by atoms with Crippen molar-refractivity contribution in [3.05, 3.63) is 23.4 Å². The minimum atomic E-state index is 1.09. The molecular formula is C12H21N. The van der Waals surface area contributed by atoms with Crippen LogP contribution < -0.4 is 0 Å². The van der Waals surface area contributed by atoms with Crippen LogP contribution in [0.5, 0.6) is 0 Å². The summed E-state index contributed by atoms with van der Waals surface area (Å²) in [5.41, 5.74) is 2.99. The average Bonchev–Trinajstić information content (AvgIpc) is 2.17. The van der Waals surface area contributed by atoms with Gasteiger partial charge in [-0.25, -0.2) is 0 Å². The van der Waals surface area contributed by atoms with Gasteiger partial charge in [0.15, 0.2) is 0 Å². The Bertz CT molecular complexity index is 199. The van der Waals surface area contributed by atoms with Gasteiger partial charge in [-0.15, -0.1) is 0 Å². The first kappa shape index (κ1) is 12.2. The fraction of sp³-hybridized carbons (Fsp3) is 0.583. The topological polar surface area (TPSA) is 12.4 Å². The standard InChI is InChI=1S/C12H21N/c1-5-8-11(6-2)12(7-3)9-10-13-4/h9-10H,4-8H2,1-3H3/b10-9-,12-11+. The third-order valence-electron chi connectivity index (χ3n) is 2.19. The van der Waals surface area contributed by atoms with E-state index in [0.717, 1.165) is 12.8 Å². The van der Waals surface area contributed by atoms with E-state index in [4.69, 9.17) is 0 Å². The summed E-state index contributed by atoms with van der Waals surface area (Å²) in [7, 11) is 0. The summed E-state index contributed by atoms with van der Waals surface area (Å²) in [5.74, 6) is 0. The van der Waals surface area contributed by atoms with E-state index in [-0.39, 0.29) is 0 Å². The number of rotatable bonds is 6. The highest BCUT2D eigenvalue weighted by atomic mass is 14.6. The minimum Gasteiger partial charge on any atom is -0.273 e. The van der Waals surface area contributed by atoms with E-state index in [1.165, 1.54) is 18.4 Å². The number of hydrogen-bond acceptors (Lipinski definition) is 1. The van der Waals surface area contributed by atoms with Crippen molar-refractivity contribution in [3.8, 4) is 0 Å². The second-order valence-corrected chi connectivity index (χ2v) is 3.08. The summed E-state index contributed by atoms with van der Waals surface area (Å²) in [6.45, 7) is 10.1. The number of hydrogen-bond donors (Lipinski definition) is 0. The maximum Gasteiger partial charge on any atom is 0.0263 e. The van der Waals surface area contributed by atoms with Crippen molar-refractivity contribution in [1.82, 2.24) is 0 Å². The van der Waals surface area contributed by atoms with Gasteiger partial charge in [-0.1, -0.05) is 32.8 Å². The SMILES string of the molecule is C=N/C=C\C(CC)=C(/CC)CCC. The lowest BCUT2D eigenvalue weighted by atomic mass is 9.99. The van der Waals surface area contributed by atoms with Gasteiger partial charge in [-0.2, -0.15) is 0 Å². The monoisotopic (exact) mass is 179 g/mol. The van der Waals surface area contributed by atoms with E-state index in [1.807, 2.05) is 0 Å². The Balaban J connectivity index is 4.59. The molecule has 13 heavy (non-hydrogen) atoms. The summed E-state index contributed by atoms with van der Waals surface area (Å²) < 4.78 is 0. The van der Waals surface area contributed by atoms with Crippen molar-refractivity contribution in [2.24, 2.45) is 4.99 Å². The molecule has 0 aliphatic heterocycles. The van der Waals surface area contributed by atoms with Crippen molar-refractivity contribution in [1.29, 1.82) is 0 Å². The molecule has 0 saturated carbocycles. The van der Waals surface area contributed by atoms with Gasteiger partial charge in [-0.3, -0.25) is 4.99 Å². The highest BCUT2D eigenvalue weighted by Crippen LogP contribution is 2.18. The number of aliphatic imine (C=N–C) groups is 1. The summed E-state index contributed by atoms with van der Waals surface area (Å²) in [6, 6.07) is 0. The Morgan fingerprint density at radius 2 is 1.92 bits per heavy atom. The summed E-state index contributed by atoms with van der Waals surface area (Å²) in [6.07, 6.45) is 8.54. The molecule has 0 aromatic rings. The fourth-order valence-electron chi connectivity index (χ4n) is 1.49. The molecule has 0 amide bonds. The number of allylic oxidation sites excluding steroid dienone is 3. The molecule has 0 N–H and O–H groups in total. The maximum atomic E-state index is 3.74. The van der Waals surface area contributed by atoms with E-state index in [2.05, 4.69) is 38.6 Å². The fourth-order valence-corrected chi connectivity index (χ4v) is 1.49. The Morgan fingerprint density at radius 1 is 1.23 bits per heavy atom. The van der Waals surface area contributed by atoms with Crippen LogP contribution in [-0.2, 0) is 0 Å². The van der Waals surface area contributed by atoms with E-state index in [0.29, 0.717) is 0 Å². The molecule has 74 valence electrons. The van der Waals surface area contributed by atoms with Gasteiger partial charge in [0.2, 0.25) is 0 Å². The van der Waals surface area contributed by atoms with Crippen LogP contribution in [-0.4, -0.2) is 6.72 Å². The molecule has 0 atom stereocenters. The predicted molar refractivity (Wildman–Crippen MR) is 61.2 cm³/mol. The quantitative estimate of drug-likeness (QED) is 0.429. The normalized spacial score (nSPS) is 13.2. The lowest BCUT2D eigenvalue weighted by molar-refractivity contribution is 0.836. The second kappa shape index (κ2) is 7.78. The van der Waals surface area contributed by atoms with Gasteiger partial charge in [0.05, 0.1) is 0 Å². The molecule has 0 aliphatic carbocycles. The molecule has 0 rings (SSSR count). The molecule has 1 nitrogen and oxygen atoms in total. The van der Waals surface area contributed by atoms with E-state index >= 15 is 0 Å². The third kappa shape index (κ3) is 4.66.